The second kappa shape index (κ2) is 42.0. The van der Waals surface area contributed by atoms with Crippen LogP contribution in [0.2, 0.25) is 0 Å². The highest BCUT2D eigenvalue weighted by Gasteiger charge is 2.44. The average Bonchev–Trinajstić information content (AvgIpc) is 3.30. The van der Waals surface area contributed by atoms with Crippen molar-refractivity contribution in [2.45, 2.75) is 173 Å². The lowest BCUT2D eigenvalue weighted by Crippen LogP contribution is -2.65. The zero-order chi connectivity index (χ0) is 47.4. The molecule has 1 heterocycles. The molecule has 1 aliphatic heterocycles. The maximum atomic E-state index is 13.4. The van der Waals surface area contributed by atoms with Gasteiger partial charge in [0.2, 0.25) is 17.7 Å². The van der Waals surface area contributed by atoms with Crippen molar-refractivity contribution in [3.8, 4) is 0 Å². The number of carbonyl (C=O) groups is 3. The lowest BCUT2D eigenvalue weighted by atomic mass is 9.96. The number of rotatable bonds is 36. The van der Waals surface area contributed by atoms with Gasteiger partial charge in [0.25, 0.3) is 0 Å². The Morgan fingerprint density at radius 1 is 0.523 bits per heavy atom. The highest BCUT2D eigenvalue weighted by molar-refractivity contribution is 5.87. The Hall–Kier alpha value is -4.65. The Kier molecular flexibility index (Phi) is 37.7. The number of carbonyl (C=O) groups excluding carboxylic acids is 3. The van der Waals surface area contributed by atoms with Gasteiger partial charge in [-0.05, 0) is 109 Å². The summed E-state index contributed by atoms with van der Waals surface area (Å²) in [5.41, 5.74) is 0. The van der Waals surface area contributed by atoms with Crippen molar-refractivity contribution >= 4 is 17.7 Å². The van der Waals surface area contributed by atoms with Crippen molar-refractivity contribution in [2.75, 3.05) is 13.2 Å². The van der Waals surface area contributed by atoms with Crippen LogP contribution >= 0.6 is 0 Å². The molecule has 0 radical (unpaired) electrons. The Balaban J connectivity index is 2.44. The molecule has 0 aromatic heterocycles. The van der Waals surface area contributed by atoms with E-state index in [1.54, 1.807) is 0 Å². The van der Waals surface area contributed by atoms with E-state index in [1.165, 1.54) is 0 Å². The Morgan fingerprint density at radius 2 is 0.954 bits per heavy atom. The summed E-state index contributed by atoms with van der Waals surface area (Å²) in [6, 6.07) is -2.37. The van der Waals surface area contributed by atoms with E-state index in [9.17, 15) is 34.8 Å². The number of ether oxygens (including phenoxy) is 1. The van der Waals surface area contributed by atoms with E-state index in [1.807, 2.05) is 12.2 Å². The molecule has 3 amide bonds. The first-order valence-corrected chi connectivity index (χ1v) is 24.1. The van der Waals surface area contributed by atoms with Crippen molar-refractivity contribution in [3.63, 3.8) is 0 Å². The van der Waals surface area contributed by atoms with E-state index in [0.29, 0.717) is 45.1 Å². The SMILES string of the molecule is CCC=CCC=CCC=CCC=CCC=CCC=CCCC(=O)NCCCCC(NC(=O)CCCC=CCC=CCC=CCC=CCC=CCC)C(=O)N[C@@H]1[C@@H](O)[C@H](O)[C@@H](CO)O[C@H]1O. The van der Waals surface area contributed by atoms with Crippen LogP contribution in [0.15, 0.2) is 134 Å². The van der Waals surface area contributed by atoms with E-state index < -0.39 is 49.2 Å². The molecule has 1 unspecified atom stereocenters. The molecule has 6 atom stereocenters. The van der Waals surface area contributed by atoms with Gasteiger partial charge in [0.05, 0.1) is 6.61 Å². The lowest BCUT2D eigenvalue weighted by molar-refractivity contribution is -0.254. The fourth-order valence-corrected chi connectivity index (χ4v) is 6.45. The summed E-state index contributed by atoms with van der Waals surface area (Å²) in [4.78, 5) is 38.8. The number of amides is 3. The maximum Gasteiger partial charge on any atom is 0.243 e. The molecule has 1 rings (SSSR count). The normalized spacial score (nSPS) is 20.4. The smallest absolute Gasteiger partial charge is 0.243 e. The third kappa shape index (κ3) is 32.6. The minimum atomic E-state index is -1.68. The monoisotopic (exact) mass is 902 g/mol. The first kappa shape index (κ1) is 58.4. The highest BCUT2D eigenvalue weighted by atomic mass is 16.6. The van der Waals surface area contributed by atoms with Crippen molar-refractivity contribution in [3.05, 3.63) is 134 Å². The van der Waals surface area contributed by atoms with Crippen molar-refractivity contribution in [2.24, 2.45) is 0 Å². The van der Waals surface area contributed by atoms with E-state index in [0.717, 1.165) is 70.6 Å². The molecule has 0 bridgehead atoms. The molecule has 65 heavy (non-hydrogen) atoms. The molecule has 0 aromatic rings. The van der Waals surface area contributed by atoms with Crippen molar-refractivity contribution in [1.82, 2.24) is 16.0 Å². The summed E-state index contributed by atoms with van der Waals surface area (Å²) in [5, 5.41) is 48.9. The van der Waals surface area contributed by atoms with Crippen LogP contribution < -0.4 is 16.0 Å². The Bertz CT molecular complexity index is 1590. The molecule has 11 heteroatoms. The van der Waals surface area contributed by atoms with Crippen molar-refractivity contribution in [1.29, 1.82) is 0 Å². The minimum Gasteiger partial charge on any atom is -0.394 e. The van der Waals surface area contributed by atoms with E-state index in [-0.39, 0.29) is 24.7 Å². The van der Waals surface area contributed by atoms with E-state index >= 15 is 0 Å². The van der Waals surface area contributed by atoms with Crippen LogP contribution in [0.25, 0.3) is 0 Å². The average molecular weight is 902 g/mol. The molecule has 1 aliphatic rings. The van der Waals surface area contributed by atoms with Gasteiger partial charge in [-0.3, -0.25) is 14.4 Å². The number of nitrogens with one attached hydrogen (secondary N) is 3. The van der Waals surface area contributed by atoms with Crippen LogP contribution in [-0.4, -0.2) is 88.0 Å². The van der Waals surface area contributed by atoms with E-state index in [4.69, 9.17) is 4.74 Å². The van der Waals surface area contributed by atoms with Crippen LogP contribution in [0.4, 0.5) is 0 Å². The fourth-order valence-electron chi connectivity index (χ4n) is 6.45. The third-order valence-corrected chi connectivity index (χ3v) is 10.2. The van der Waals surface area contributed by atoms with Gasteiger partial charge < -0.3 is 41.1 Å². The number of aliphatic hydroxyl groups excluding tert-OH is 4. The molecule has 11 nitrogen and oxygen atoms in total. The standard InChI is InChI=1S/C54H83N3O8/c1-3-5-7-9-11-13-15-17-19-21-22-24-25-27-29-31-33-35-37-42-48(59)55-44-40-39-41-46(53(63)57-50-52(62)51(61)47(45-58)65-54(50)64)56-49(60)43-38-36-34-32-30-28-26-23-20-18-16-14-12-10-8-6-4-2/h5-8,11-14,17-20,22,24,26-29,32-35,46-47,50-52,54,58,61-62,64H,3-4,9-10,15-16,21,23,25,30-31,36-45H2,1-2H3,(H,55,59)(H,56,60)(H,57,63)/t46?,47-,50-,51-,52-,54-/m1/s1. The summed E-state index contributed by atoms with van der Waals surface area (Å²) in [5.74, 6) is -1.04. The molecule has 1 saturated heterocycles. The van der Waals surface area contributed by atoms with Gasteiger partial charge in [0.1, 0.15) is 30.4 Å². The van der Waals surface area contributed by atoms with Gasteiger partial charge in [-0.1, -0.05) is 148 Å². The predicted octanol–water partition coefficient (Wildman–Crippen LogP) is 9.07. The fraction of sp³-hybridized carbons (Fsp3) is 0.537. The number of hydrogen-bond donors (Lipinski definition) is 7. The van der Waals surface area contributed by atoms with Gasteiger partial charge in [0.15, 0.2) is 6.29 Å². The van der Waals surface area contributed by atoms with Crippen LogP contribution in [0.3, 0.4) is 0 Å². The quantitative estimate of drug-likeness (QED) is 0.0241. The highest BCUT2D eigenvalue weighted by Crippen LogP contribution is 2.20. The molecule has 0 saturated carbocycles. The topological polar surface area (TPSA) is 177 Å². The summed E-state index contributed by atoms with van der Waals surface area (Å²) in [6.07, 6.45) is 55.0. The Morgan fingerprint density at radius 3 is 1.40 bits per heavy atom. The summed E-state index contributed by atoms with van der Waals surface area (Å²) in [7, 11) is 0. The van der Waals surface area contributed by atoms with Gasteiger partial charge in [-0.15, -0.1) is 0 Å². The third-order valence-electron chi connectivity index (χ3n) is 10.2. The zero-order valence-electron chi connectivity index (χ0n) is 39.4. The summed E-state index contributed by atoms with van der Waals surface area (Å²) in [6.45, 7) is 4.04. The maximum absolute atomic E-state index is 13.4. The van der Waals surface area contributed by atoms with Crippen LogP contribution in [0, 0.1) is 0 Å². The first-order valence-electron chi connectivity index (χ1n) is 24.1. The largest absolute Gasteiger partial charge is 0.394 e. The van der Waals surface area contributed by atoms with Crippen LogP contribution in [0.5, 0.6) is 0 Å². The number of unbranched alkanes of at least 4 members (excludes halogenated alkanes) is 2. The van der Waals surface area contributed by atoms with Gasteiger partial charge in [0, 0.05) is 19.4 Å². The predicted molar refractivity (Wildman–Crippen MR) is 266 cm³/mol. The summed E-state index contributed by atoms with van der Waals surface area (Å²) < 4.78 is 5.18. The van der Waals surface area contributed by atoms with Gasteiger partial charge in [-0.25, -0.2) is 0 Å². The van der Waals surface area contributed by atoms with Gasteiger partial charge in [-0.2, -0.15) is 0 Å². The molecular formula is C54H83N3O8. The zero-order valence-corrected chi connectivity index (χ0v) is 39.4. The van der Waals surface area contributed by atoms with Crippen LogP contribution in [0.1, 0.15) is 136 Å². The first-order chi connectivity index (χ1) is 31.7. The van der Waals surface area contributed by atoms with E-state index in [2.05, 4.69) is 151 Å². The Labute approximate surface area is 391 Å². The number of allylic oxidation sites excluding steroid dienone is 22. The molecule has 0 spiro atoms. The minimum absolute atomic E-state index is 0.0698. The second-order valence-corrected chi connectivity index (χ2v) is 15.8. The molecule has 0 aliphatic carbocycles. The molecular weight excluding hydrogens is 819 g/mol. The summed E-state index contributed by atoms with van der Waals surface area (Å²) >= 11 is 0. The molecule has 7 N–H and O–H groups in total. The lowest BCUT2D eigenvalue weighted by Gasteiger charge is -2.40. The molecule has 362 valence electrons. The molecule has 0 aromatic carbocycles. The second-order valence-electron chi connectivity index (χ2n) is 15.8. The van der Waals surface area contributed by atoms with Crippen LogP contribution in [-0.2, 0) is 19.1 Å². The molecule has 1 fully saturated rings. The van der Waals surface area contributed by atoms with Gasteiger partial charge >= 0.3 is 0 Å². The number of hydrogen-bond acceptors (Lipinski definition) is 8. The van der Waals surface area contributed by atoms with Crippen molar-refractivity contribution < 1.29 is 39.5 Å². The number of aliphatic hydroxyl groups is 4.